The Morgan fingerprint density at radius 1 is 1.13 bits per heavy atom. The van der Waals surface area contributed by atoms with Crippen LogP contribution in [-0.2, 0) is 0 Å². The van der Waals surface area contributed by atoms with Gasteiger partial charge in [-0.2, -0.15) is 0 Å². The van der Waals surface area contributed by atoms with Crippen LogP contribution in [0.4, 0.5) is 5.69 Å². The number of nitrogens with one attached hydrogen (secondary N) is 2. The normalized spacial score (nSPS) is 10.6. The van der Waals surface area contributed by atoms with E-state index >= 15 is 0 Å². The highest BCUT2D eigenvalue weighted by molar-refractivity contribution is 9.10. The third-order valence-electron chi connectivity index (χ3n) is 4.40. The minimum absolute atomic E-state index is 0.225. The van der Waals surface area contributed by atoms with E-state index in [2.05, 4.69) is 37.6 Å². The summed E-state index contributed by atoms with van der Waals surface area (Å²) in [6.45, 7) is 2.46. The first-order valence-corrected chi connectivity index (χ1v) is 11.6. The molecule has 8 heteroatoms. The van der Waals surface area contributed by atoms with Crippen LogP contribution in [0, 0.1) is 0 Å². The molecular formula is C23H18BrN3O2S2. The lowest BCUT2D eigenvalue weighted by Gasteiger charge is -2.11. The Hall–Kier alpha value is -2.81. The number of hydrogen-bond acceptors (Lipinski definition) is 5. The van der Waals surface area contributed by atoms with Gasteiger partial charge in [-0.25, -0.2) is 4.98 Å². The number of fused-ring (bicyclic) bond motifs is 1. The van der Waals surface area contributed by atoms with Gasteiger partial charge in [0.1, 0.15) is 10.8 Å². The van der Waals surface area contributed by atoms with Crippen molar-refractivity contribution in [2.24, 2.45) is 0 Å². The van der Waals surface area contributed by atoms with Crippen molar-refractivity contribution >= 4 is 66.4 Å². The molecule has 2 N–H and O–H groups in total. The molecule has 0 unspecified atom stereocenters. The fourth-order valence-electron chi connectivity index (χ4n) is 2.94. The van der Waals surface area contributed by atoms with Crippen LogP contribution in [0.15, 0.2) is 71.2 Å². The zero-order valence-corrected chi connectivity index (χ0v) is 19.7. The van der Waals surface area contributed by atoms with Crippen LogP contribution in [0.25, 0.3) is 20.8 Å². The van der Waals surface area contributed by atoms with Crippen molar-refractivity contribution in [1.29, 1.82) is 0 Å². The van der Waals surface area contributed by atoms with Crippen molar-refractivity contribution in [3.05, 3.63) is 76.8 Å². The van der Waals surface area contributed by atoms with Crippen molar-refractivity contribution in [3.63, 3.8) is 0 Å². The number of aromatic nitrogens is 1. The van der Waals surface area contributed by atoms with Crippen LogP contribution >= 0.6 is 39.5 Å². The van der Waals surface area contributed by atoms with Gasteiger partial charge in [-0.1, -0.05) is 12.1 Å². The van der Waals surface area contributed by atoms with E-state index in [-0.39, 0.29) is 11.0 Å². The molecule has 5 nitrogen and oxygen atoms in total. The molecule has 1 aromatic heterocycles. The summed E-state index contributed by atoms with van der Waals surface area (Å²) in [5, 5.41) is 6.92. The van der Waals surface area contributed by atoms with Crippen LogP contribution in [0.5, 0.6) is 5.75 Å². The summed E-state index contributed by atoms with van der Waals surface area (Å²) >= 11 is 10.4. The smallest absolute Gasteiger partial charge is 0.257 e. The summed E-state index contributed by atoms with van der Waals surface area (Å²) in [5.74, 6) is 0.389. The molecule has 0 aliphatic carbocycles. The zero-order valence-electron chi connectivity index (χ0n) is 16.5. The number of amides is 1. The maximum atomic E-state index is 12.5. The van der Waals surface area contributed by atoms with Crippen LogP contribution in [0.2, 0.25) is 0 Å². The SMILES string of the molecule is CCOc1ccc(C(=O)NC(=S)Nc2ccc(-c3nc4ccccc4s3)cc2)cc1Br. The first kappa shape index (κ1) is 21.4. The Morgan fingerprint density at radius 2 is 1.90 bits per heavy atom. The predicted molar refractivity (Wildman–Crippen MR) is 134 cm³/mol. The zero-order chi connectivity index (χ0) is 21.8. The van der Waals surface area contributed by atoms with E-state index < -0.39 is 0 Å². The molecule has 0 radical (unpaired) electrons. The second kappa shape index (κ2) is 9.55. The Morgan fingerprint density at radius 3 is 2.61 bits per heavy atom. The van der Waals surface area contributed by atoms with Crippen molar-refractivity contribution in [2.75, 3.05) is 11.9 Å². The molecule has 31 heavy (non-hydrogen) atoms. The van der Waals surface area contributed by atoms with Gasteiger partial charge in [-0.05, 0) is 89.7 Å². The van der Waals surface area contributed by atoms with Gasteiger partial charge < -0.3 is 10.1 Å². The minimum Gasteiger partial charge on any atom is -0.493 e. The number of carbonyl (C=O) groups excluding carboxylic acids is 1. The molecule has 4 aromatic rings. The van der Waals surface area contributed by atoms with Gasteiger partial charge in [-0.15, -0.1) is 11.3 Å². The Kier molecular flexibility index (Phi) is 6.60. The first-order chi connectivity index (χ1) is 15.0. The number of nitrogens with zero attached hydrogens (tertiary/aromatic N) is 1. The van der Waals surface area contributed by atoms with E-state index in [1.807, 2.05) is 49.4 Å². The summed E-state index contributed by atoms with van der Waals surface area (Å²) < 4.78 is 7.34. The second-order valence-electron chi connectivity index (χ2n) is 6.55. The number of para-hydroxylation sites is 1. The molecule has 0 atom stereocenters. The summed E-state index contributed by atoms with van der Waals surface area (Å²) in [5.41, 5.74) is 3.28. The molecule has 0 saturated heterocycles. The lowest BCUT2D eigenvalue weighted by molar-refractivity contribution is 0.0977. The first-order valence-electron chi connectivity index (χ1n) is 9.54. The lowest BCUT2D eigenvalue weighted by Crippen LogP contribution is -2.34. The molecule has 1 heterocycles. The Labute approximate surface area is 197 Å². The summed E-state index contributed by atoms with van der Waals surface area (Å²) in [4.78, 5) is 17.2. The second-order valence-corrected chi connectivity index (χ2v) is 8.84. The third kappa shape index (κ3) is 5.10. The van der Waals surface area contributed by atoms with Gasteiger partial charge in [0.05, 0.1) is 21.3 Å². The number of halogens is 1. The lowest BCUT2D eigenvalue weighted by atomic mass is 10.2. The van der Waals surface area contributed by atoms with Gasteiger partial charge in [-0.3, -0.25) is 10.1 Å². The fraction of sp³-hybridized carbons (Fsp3) is 0.0870. The number of benzene rings is 3. The highest BCUT2D eigenvalue weighted by Crippen LogP contribution is 2.30. The largest absolute Gasteiger partial charge is 0.493 e. The van der Waals surface area contributed by atoms with Crippen LogP contribution in [0.1, 0.15) is 17.3 Å². The summed E-state index contributed by atoms with van der Waals surface area (Å²) in [6.07, 6.45) is 0. The van der Waals surface area contributed by atoms with Crippen LogP contribution in [0.3, 0.4) is 0 Å². The molecule has 0 spiro atoms. The topological polar surface area (TPSA) is 63.2 Å². The molecule has 0 fully saturated rings. The van der Waals surface area contributed by atoms with Crippen molar-refractivity contribution in [2.45, 2.75) is 6.92 Å². The molecule has 0 bridgehead atoms. The van der Waals surface area contributed by atoms with Crippen molar-refractivity contribution in [3.8, 4) is 16.3 Å². The van der Waals surface area contributed by atoms with Gasteiger partial charge >= 0.3 is 0 Å². The quantitative estimate of drug-likeness (QED) is 0.310. The highest BCUT2D eigenvalue weighted by atomic mass is 79.9. The van der Waals surface area contributed by atoms with Gasteiger partial charge in [0.15, 0.2) is 5.11 Å². The number of carbonyl (C=O) groups is 1. The van der Waals surface area contributed by atoms with Crippen molar-refractivity contribution in [1.82, 2.24) is 10.3 Å². The van der Waals surface area contributed by atoms with Gasteiger partial charge in [0.25, 0.3) is 5.91 Å². The number of hydrogen-bond donors (Lipinski definition) is 2. The average Bonchev–Trinajstić information content (AvgIpc) is 3.20. The molecule has 4 rings (SSSR count). The third-order valence-corrected chi connectivity index (χ3v) is 6.31. The van der Waals surface area contributed by atoms with Crippen LogP contribution < -0.4 is 15.4 Å². The molecule has 3 aromatic carbocycles. The maximum Gasteiger partial charge on any atom is 0.257 e. The van der Waals surface area contributed by atoms with E-state index in [9.17, 15) is 4.79 Å². The maximum absolute atomic E-state index is 12.5. The summed E-state index contributed by atoms with van der Waals surface area (Å²) in [6, 6.07) is 21.0. The molecular weight excluding hydrogens is 494 g/mol. The monoisotopic (exact) mass is 511 g/mol. The molecule has 156 valence electrons. The molecule has 0 aliphatic rings. The number of thiocarbonyl (C=S) groups is 1. The number of rotatable bonds is 5. The van der Waals surface area contributed by atoms with E-state index in [0.29, 0.717) is 22.4 Å². The minimum atomic E-state index is -0.299. The van der Waals surface area contributed by atoms with Gasteiger partial charge in [0, 0.05) is 16.8 Å². The van der Waals surface area contributed by atoms with E-state index in [1.165, 1.54) is 0 Å². The molecule has 0 saturated carbocycles. The average molecular weight is 512 g/mol. The van der Waals surface area contributed by atoms with E-state index in [0.717, 1.165) is 26.5 Å². The van der Waals surface area contributed by atoms with Crippen molar-refractivity contribution < 1.29 is 9.53 Å². The Bertz CT molecular complexity index is 1220. The summed E-state index contributed by atoms with van der Waals surface area (Å²) in [7, 11) is 0. The molecule has 1 amide bonds. The Balaban J connectivity index is 1.39. The van der Waals surface area contributed by atoms with Crippen LogP contribution in [-0.4, -0.2) is 22.6 Å². The molecule has 0 aliphatic heterocycles. The number of ether oxygens (including phenoxy) is 1. The fourth-order valence-corrected chi connectivity index (χ4v) is 4.62. The number of anilines is 1. The van der Waals surface area contributed by atoms with E-state index in [4.69, 9.17) is 17.0 Å². The highest BCUT2D eigenvalue weighted by Gasteiger charge is 2.11. The van der Waals surface area contributed by atoms with E-state index in [1.54, 1.807) is 29.5 Å². The standard InChI is InChI=1S/C23H18BrN3O2S2/c1-2-29-19-12-9-15(13-17(19)24)21(28)27-23(30)25-16-10-7-14(8-11-16)22-26-18-5-3-4-6-20(18)31-22/h3-13H,2H2,1H3,(H2,25,27,28,30). The van der Waals surface area contributed by atoms with Gasteiger partial charge in [0.2, 0.25) is 0 Å². The number of thiazole rings is 1. The predicted octanol–water partition coefficient (Wildman–Crippen LogP) is 6.25.